The zero-order valence-electron chi connectivity index (χ0n) is 15.4. The molecule has 154 valence electrons. The Morgan fingerprint density at radius 3 is 2.43 bits per heavy atom. The Labute approximate surface area is 176 Å². The average molecular weight is 449 g/mol. The highest BCUT2D eigenvalue weighted by Gasteiger charge is 2.26. The molecule has 1 fully saturated rings. The van der Waals surface area contributed by atoms with E-state index >= 15 is 0 Å². The zero-order valence-corrected chi connectivity index (χ0v) is 17.8. The molecule has 1 aliphatic rings. The van der Waals surface area contributed by atoms with Gasteiger partial charge in [-0.3, -0.25) is 4.90 Å². The third kappa shape index (κ3) is 5.89. The average Bonchev–Trinajstić information content (AvgIpc) is 2.62. The van der Waals surface area contributed by atoms with Gasteiger partial charge in [0.25, 0.3) is 0 Å². The van der Waals surface area contributed by atoms with Gasteiger partial charge in [0.1, 0.15) is 10.7 Å². The van der Waals surface area contributed by atoms with Crippen LogP contribution in [0.25, 0.3) is 0 Å². The van der Waals surface area contributed by atoms with E-state index in [0.29, 0.717) is 19.8 Å². The summed E-state index contributed by atoms with van der Waals surface area (Å²) in [4.78, 5) is 1.72. The third-order valence-corrected chi connectivity index (χ3v) is 6.25. The van der Waals surface area contributed by atoms with Crippen molar-refractivity contribution in [2.24, 2.45) is 0 Å². The van der Waals surface area contributed by atoms with E-state index in [2.05, 4.69) is 9.62 Å². The predicted octanol–water partition coefficient (Wildman–Crippen LogP) is 3.56. The Bertz CT molecular complexity index is 889. The van der Waals surface area contributed by atoms with Crippen molar-refractivity contribution in [3.63, 3.8) is 0 Å². The quantitative estimate of drug-likeness (QED) is 0.733. The summed E-state index contributed by atoms with van der Waals surface area (Å²) in [6.45, 7) is 5.10. The van der Waals surface area contributed by atoms with Crippen LogP contribution < -0.4 is 4.72 Å². The summed E-state index contributed by atoms with van der Waals surface area (Å²) in [5.41, 5.74) is 1.90. The van der Waals surface area contributed by atoms with Gasteiger partial charge >= 0.3 is 0 Å². The van der Waals surface area contributed by atoms with Crippen molar-refractivity contribution in [3.8, 4) is 0 Å². The molecule has 0 radical (unpaired) electrons. The molecule has 0 aromatic heterocycles. The molecule has 2 aromatic carbocycles. The number of rotatable bonds is 6. The third-order valence-electron chi connectivity index (χ3n) is 4.51. The maximum atomic E-state index is 14.2. The van der Waals surface area contributed by atoms with Gasteiger partial charge in [-0.25, -0.2) is 17.5 Å². The molecule has 0 spiro atoms. The Kier molecular flexibility index (Phi) is 8.24. The number of morpholine rings is 1. The fourth-order valence-electron chi connectivity index (χ4n) is 3.00. The molecule has 2 aromatic rings. The van der Waals surface area contributed by atoms with Crippen LogP contribution in [0.5, 0.6) is 0 Å². The molecule has 1 N–H and O–H groups in total. The van der Waals surface area contributed by atoms with E-state index in [1.54, 1.807) is 0 Å². The monoisotopic (exact) mass is 448 g/mol. The highest BCUT2D eigenvalue weighted by atomic mass is 35.5. The van der Waals surface area contributed by atoms with E-state index in [0.717, 1.165) is 30.3 Å². The van der Waals surface area contributed by atoms with Gasteiger partial charge in [-0.05, 0) is 30.7 Å². The fraction of sp³-hybridized carbons (Fsp3) is 0.368. The number of ether oxygens (including phenoxy) is 1. The van der Waals surface area contributed by atoms with Crippen LogP contribution in [0.1, 0.15) is 17.2 Å². The minimum Gasteiger partial charge on any atom is -0.379 e. The number of benzene rings is 2. The molecule has 1 aliphatic heterocycles. The summed E-state index contributed by atoms with van der Waals surface area (Å²) in [6, 6.07) is 10.7. The Hall–Kier alpha value is -1.22. The lowest BCUT2D eigenvalue weighted by Crippen LogP contribution is -2.43. The van der Waals surface area contributed by atoms with Crippen LogP contribution in [0, 0.1) is 12.7 Å². The number of hydrogen-bond acceptors (Lipinski definition) is 4. The number of sulfonamides is 1. The van der Waals surface area contributed by atoms with E-state index < -0.39 is 26.8 Å². The molecule has 9 heteroatoms. The van der Waals surface area contributed by atoms with E-state index in [1.165, 1.54) is 12.1 Å². The molecule has 1 unspecified atom stereocenters. The van der Waals surface area contributed by atoms with Gasteiger partial charge in [0.05, 0.1) is 19.3 Å². The summed E-state index contributed by atoms with van der Waals surface area (Å²) in [5, 5.41) is 0.148. The summed E-state index contributed by atoms with van der Waals surface area (Å²) in [5.74, 6) is -0.871. The van der Waals surface area contributed by atoms with Crippen LogP contribution >= 0.6 is 24.0 Å². The molecule has 5 nitrogen and oxygen atoms in total. The molecule has 0 bridgehead atoms. The van der Waals surface area contributed by atoms with Gasteiger partial charge in [0, 0.05) is 24.7 Å². The molecular weight excluding hydrogens is 426 g/mol. The van der Waals surface area contributed by atoms with Gasteiger partial charge in [-0.1, -0.05) is 41.4 Å². The largest absolute Gasteiger partial charge is 0.379 e. The first kappa shape index (κ1) is 23.1. The molecule has 1 saturated heterocycles. The standard InChI is InChI=1S/C19H22ClFN2O3S.ClH/c1-14-2-4-15(5-3-14)18(13-23-8-10-26-11-9-23)22-27(24,25)19-7-6-16(20)12-17(19)21;/h2-7,12,18,22H,8-11,13H2,1H3;1H. The molecule has 1 atom stereocenters. The lowest BCUT2D eigenvalue weighted by Gasteiger charge is -2.31. The molecule has 0 aliphatic carbocycles. The van der Waals surface area contributed by atoms with Gasteiger partial charge in [-0.15, -0.1) is 12.4 Å². The molecule has 3 rings (SSSR count). The summed E-state index contributed by atoms with van der Waals surface area (Å²) < 4.78 is 47.8. The van der Waals surface area contributed by atoms with E-state index in [9.17, 15) is 12.8 Å². The molecule has 1 heterocycles. The van der Waals surface area contributed by atoms with Crippen molar-refractivity contribution in [2.45, 2.75) is 17.9 Å². The number of halogens is 3. The lowest BCUT2D eigenvalue weighted by atomic mass is 10.1. The second-order valence-corrected chi connectivity index (χ2v) is 8.69. The lowest BCUT2D eigenvalue weighted by molar-refractivity contribution is 0.0345. The predicted molar refractivity (Wildman–Crippen MR) is 110 cm³/mol. The molecular formula is C19H23Cl2FN2O3S. The number of aryl methyl sites for hydroxylation is 1. The second kappa shape index (κ2) is 10.0. The van der Waals surface area contributed by atoms with Gasteiger partial charge in [0.15, 0.2) is 0 Å². The maximum absolute atomic E-state index is 14.2. The fourth-order valence-corrected chi connectivity index (χ4v) is 4.43. The van der Waals surface area contributed by atoms with Crippen LogP contribution in [-0.2, 0) is 14.8 Å². The Morgan fingerprint density at radius 1 is 1.18 bits per heavy atom. The van der Waals surface area contributed by atoms with Crippen molar-refractivity contribution in [1.29, 1.82) is 0 Å². The maximum Gasteiger partial charge on any atom is 0.244 e. The number of nitrogens with zero attached hydrogens (tertiary/aromatic N) is 1. The smallest absolute Gasteiger partial charge is 0.244 e. The summed E-state index contributed by atoms with van der Waals surface area (Å²) in [6.07, 6.45) is 0. The van der Waals surface area contributed by atoms with Crippen molar-refractivity contribution in [3.05, 3.63) is 64.4 Å². The van der Waals surface area contributed by atoms with Crippen LogP contribution in [0.2, 0.25) is 5.02 Å². The van der Waals surface area contributed by atoms with Gasteiger partial charge in [0.2, 0.25) is 10.0 Å². The van der Waals surface area contributed by atoms with E-state index in [1.807, 2.05) is 31.2 Å². The normalized spacial score (nSPS) is 16.4. The van der Waals surface area contributed by atoms with Crippen molar-refractivity contribution in [2.75, 3.05) is 32.8 Å². The highest BCUT2D eigenvalue weighted by molar-refractivity contribution is 7.89. The van der Waals surface area contributed by atoms with Crippen molar-refractivity contribution >= 4 is 34.0 Å². The van der Waals surface area contributed by atoms with Crippen molar-refractivity contribution in [1.82, 2.24) is 9.62 Å². The number of nitrogens with one attached hydrogen (secondary N) is 1. The topological polar surface area (TPSA) is 58.6 Å². The molecule has 28 heavy (non-hydrogen) atoms. The van der Waals surface area contributed by atoms with Crippen LogP contribution in [-0.4, -0.2) is 46.2 Å². The van der Waals surface area contributed by atoms with E-state index in [-0.39, 0.29) is 17.4 Å². The minimum absolute atomic E-state index is 0. The molecule has 0 saturated carbocycles. The van der Waals surface area contributed by atoms with Crippen LogP contribution in [0.15, 0.2) is 47.4 Å². The SMILES string of the molecule is Cc1ccc(C(CN2CCOCC2)NS(=O)(=O)c2ccc(Cl)cc2F)cc1.Cl. The van der Waals surface area contributed by atoms with Crippen molar-refractivity contribution < 1.29 is 17.5 Å². The van der Waals surface area contributed by atoms with Crippen LogP contribution in [0.3, 0.4) is 0 Å². The zero-order chi connectivity index (χ0) is 19.4. The van der Waals surface area contributed by atoms with Gasteiger partial charge in [-0.2, -0.15) is 0 Å². The second-order valence-electron chi connectivity index (χ2n) is 6.57. The molecule has 0 amide bonds. The summed E-state index contributed by atoms with van der Waals surface area (Å²) in [7, 11) is -4.06. The first-order valence-electron chi connectivity index (χ1n) is 8.69. The first-order valence-corrected chi connectivity index (χ1v) is 10.6. The van der Waals surface area contributed by atoms with Crippen LogP contribution in [0.4, 0.5) is 4.39 Å². The summed E-state index contributed by atoms with van der Waals surface area (Å²) >= 11 is 5.74. The Morgan fingerprint density at radius 2 is 1.82 bits per heavy atom. The van der Waals surface area contributed by atoms with Gasteiger partial charge < -0.3 is 4.74 Å². The highest BCUT2D eigenvalue weighted by Crippen LogP contribution is 2.23. The van der Waals surface area contributed by atoms with E-state index in [4.69, 9.17) is 16.3 Å². The minimum atomic E-state index is -4.06. The first-order chi connectivity index (χ1) is 12.8. The number of hydrogen-bond donors (Lipinski definition) is 1. The Balaban J connectivity index is 0.00000280.